The number of benzene rings is 5. The molecule has 0 saturated heterocycles. The second kappa shape index (κ2) is 18.3. The van der Waals surface area contributed by atoms with Crippen LogP contribution in [0.15, 0.2) is 146 Å². The summed E-state index contributed by atoms with van der Waals surface area (Å²) in [4.78, 5) is 2.37. The van der Waals surface area contributed by atoms with Gasteiger partial charge in [0.05, 0.1) is 0 Å². The van der Waals surface area contributed by atoms with E-state index in [1.807, 2.05) is 32.1 Å². The quantitative estimate of drug-likeness (QED) is 0.112. The van der Waals surface area contributed by atoms with E-state index in [1.165, 1.54) is 43.7 Å². The Kier molecular flexibility index (Phi) is 13.9. The van der Waals surface area contributed by atoms with E-state index in [9.17, 15) is 0 Å². The Morgan fingerprint density at radius 2 is 0.830 bits per heavy atom. The molecule has 2 saturated carbocycles. The molecule has 2 aliphatic carbocycles. The summed E-state index contributed by atoms with van der Waals surface area (Å²) in [6.07, 6.45) is 16.9. The van der Waals surface area contributed by atoms with Crippen molar-refractivity contribution in [2.75, 3.05) is 14.1 Å². The first-order valence-corrected chi connectivity index (χ1v) is 18.4. The van der Waals surface area contributed by atoms with Gasteiger partial charge in [-0.25, -0.2) is 0 Å². The molecule has 0 aromatic heterocycles. The standard InChI is InChI=1S/C38H34NP2.C5H5.Fe/c1-39(2)38(36-27-16-28-37(36)41(33-22-11-5-12-23-33)34-24-13-6-14-25-34)30-17-15-26-35(29-30)40(31-18-7-3-8-19-31)32-20-9-4-10-21-32;1-2-4-5-3-1;/h3-29,38H,1-2H3;1-5H;. The van der Waals surface area contributed by atoms with Crippen molar-refractivity contribution in [3.8, 4) is 0 Å². The van der Waals surface area contributed by atoms with Crippen molar-refractivity contribution in [1.82, 2.24) is 4.90 Å². The van der Waals surface area contributed by atoms with E-state index in [0.717, 1.165) is 0 Å². The zero-order valence-corrected chi connectivity index (χ0v) is 29.6. The van der Waals surface area contributed by atoms with Gasteiger partial charge >= 0.3 is 0 Å². The molecular formula is C43H39FeNP2. The van der Waals surface area contributed by atoms with Gasteiger partial charge in [0, 0.05) is 34.7 Å². The topological polar surface area (TPSA) is 3.24 Å². The van der Waals surface area contributed by atoms with Gasteiger partial charge in [-0.1, -0.05) is 140 Å². The minimum absolute atomic E-state index is 0. The predicted molar refractivity (Wildman–Crippen MR) is 202 cm³/mol. The largest absolute Gasteiger partial charge is 0.302 e. The minimum atomic E-state index is -0.692. The van der Waals surface area contributed by atoms with Crippen LogP contribution in [0.4, 0.5) is 0 Å². The van der Waals surface area contributed by atoms with Crippen LogP contribution in [0, 0.1) is 62.9 Å². The van der Waals surface area contributed by atoms with Gasteiger partial charge in [0.2, 0.25) is 0 Å². The molecule has 5 aromatic carbocycles. The van der Waals surface area contributed by atoms with E-state index in [1.54, 1.807) is 0 Å². The molecule has 0 bridgehead atoms. The third-order valence-corrected chi connectivity index (χ3v) is 12.9. The molecule has 4 heteroatoms. The molecule has 0 amide bonds. The Balaban J connectivity index is 0.000000662. The normalized spacial score (nSPS) is 15.8. The maximum atomic E-state index is 2.46. The fourth-order valence-corrected chi connectivity index (χ4v) is 10.8. The van der Waals surface area contributed by atoms with Crippen LogP contribution in [0.5, 0.6) is 0 Å². The molecule has 2 fully saturated rings. The first kappa shape index (κ1) is 35.7. The molecule has 1 nitrogen and oxygen atoms in total. The average molecular weight is 688 g/mol. The van der Waals surface area contributed by atoms with Crippen LogP contribution < -0.4 is 26.5 Å². The van der Waals surface area contributed by atoms with Gasteiger partial charge in [-0.05, 0) is 119 Å². The van der Waals surface area contributed by atoms with E-state index in [-0.39, 0.29) is 23.1 Å². The van der Waals surface area contributed by atoms with Gasteiger partial charge in [-0.15, -0.1) is 0 Å². The molecule has 0 heterocycles. The van der Waals surface area contributed by atoms with Crippen LogP contribution >= 0.6 is 15.8 Å². The summed E-state index contributed by atoms with van der Waals surface area (Å²) in [6.45, 7) is 0. The SMILES string of the molecule is CN(C)C([C]1[CH][CH][CH][C]1P(c1ccccc1)c1ccccc1)c1cccc(P(c2ccccc2)c2ccccc2)c1.[CH]1[CH][CH][CH][CH]1.[Fe]. The van der Waals surface area contributed by atoms with Gasteiger partial charge in [0.1, 0.15) is 0 Å². The van der Waals surface area contributed by atoms with Crippen LogP contribution in [0.3, 0.4) is 0 Å². The van der Waals surface area contributed by atoms with E-state index in [4.69, 9.17) is 0 Å². The number of rotatable bonds is 9. The van der Waals surface area contributed by atoms with Crippen LogP contribution in [-0.4, -0.2) is 19.0 Å². The van der Waals surface area contributed by atoms with E-state index in [2.05, 4.69) is 184 Å². The van der Waals surface area contributed by atoms with Crippen molar-refractivity contribution in [3.05, 3.63) is 214 Å². The third-order valence-electron chi connectivity index (χ3n) is 7.93. The molecule has 234 valence electrons. The Bertz CT molecular complexity index is 1510. The molecule has 0 spiro atoms. The van der Waals surface area contributed by atoms with E-state index >= 15 is 0 Å². The molecule has 5 aromatic rings. The van der Waals surface area contributed by atoms with Crippen LogP contribution in [-0.2, 0) is 17.1 Å². The first-order valence-electron chi connectivity index (χ1n) is 15.7. The van der Waals surface area contributed by atoms with Crippen molar-refractivity contribution >= 4 is 42.4 Å². The molecular weight excluding hydrogens is 648 g/mol. The zero-order valence-electron chi connectivity index (χ0n) is 26.7. The summed E-state index contributed by atoms with van der Waals surface area (Å²) in [7, 11) is 3.05. The second-order valence-corrected chi connectivity index (χ2v) is 15.7. The van der Waals surface area contributed by atoms with E-state index in [0.29, 0.717) is 0 Å². The summed E-state index contributed by atoms with van der Waals surface area (Å²) in [5, 5.41) is 6.88. The zero-order chi connectivity index (χ0) is 31.6. The predicted octanol–water partition coefficient (Wildman–Crippen LogP) is 7.93. The monoisotopic (exact) mass is 687 g/mol. The molecule has 10 radical (unpaired) electrons. The third kappa shape index (κ3) is 9.12. The fourth-order valence-electron chi connectivity index (χ4n) is 5.95. The summed E-state index contributed by atoms with van der Waals surface area (Å²) in [5.74, 6) is 1.38. The Morgan fingerprint density at radius 1 is 0.426 bits per heavy atom. The summed E-state index contributed by atoms with van der Waals surface area (Å²) >= 11 is 0. The maximum absolute atomic E-state index is 2.46. The Hall–Kier alpha value is -2.56. The molecule has 7 rings (SSSR count). The number of hydrogen-bond acceptors (Lipinski definition) is 1. The fraction of sp³-hybridized carbons (Fsp3) is 0.0698. The van der Waals surface area contributed by atoms with E-state index < -0.39 is 15.8 Å². The molecule has 2 aliphatic rings. The Labute approximate surface area is 297 Å². The van der Waals surface area contributed by atoms with Crippen molar-refractivity contribution < 1.29 is 17.1 Å². The number of hydrogen-bond donors (Lipinski definition) is 0. The van der Waals surface area contributed by atoms with Crippen LogP contribution in [0.25, 0.3) is 0 Å². The second-order valence-electron chi connectivity index (χ2n) is 11.3. The molecule has 1 atom stereocenters. The van der Waals surface area contributed by atoms with Crippen LogP contribution in [0.1, 0.15) is 11.6 Å². The van der Waals surface area contributed by atoms with Crippen molar-refractivity contribution in [3.63, 3.8) is 0 Å². The molecule has 47 heavy (non-hydrogen) atoms. The molecule has 1 unspecified atom stereocenters. The van der Waals surface area contributed by atoms with Gasteiger partial charge in [0.25, 0.3) is 0 Å². The maximum Gasteiger partial charge on any atom is 0.0417 e. The van der Waals surface area contributed by atoms with Crippen LogP contribution in [0.2, 0.25) is 0 Å². The van der Waals surface area contributed by atoms with Gasteiger partial charge < -0.3 is 4.90 Å². The van der Waals surface area contributed by atoms with Crippen molar-refractivity contribution in [1.29, 1.82) is 0 Å². The summed E-state index contributed by atoms with van der Waals surface area (Å²) in [6, 6.07) is 53.4. The van der Waals surface area contributed by atoms with Crippen molar-refractivity contribution in [2.45, 2.75) is 6.04 Å². The average Bonchev–Trinajstić information content (AvgIpc) is 3.84. The number of nitrogens with zero attached hydrogens (tertiary/aromatic N) is 1. The minimum Gasteiger partial charge on any atom is -0.302 e. The van der Waals surface area contributed by atoms with Crippen molar-refractivity contribution in [2.24, 2.45) is 0 Å². The Morgan fingerprint density at radius 3 is 1.26 bits per heavy atom. The van der Waals surface area contributed by atoms with Gasteiger partial charge in [-0.3, -0.25) is 0 Å². The molecule has 0 N–H and O–H groups in total. The first-order chi connectivity index (χ1) is 22.7. The summed E-state index contributed by atoms with van der Waals surface area (Å²) < 4.78 is 0. The smallest absolute Gasteiger partial charge is 0.0417 e. The molecule has 0 aliphatic heterocycles. The van der Waals surface area contributed by atoms with Gasteiger partial charge in [0.15, 0.2) is 0 Å². The van der Waals surface area contributed by atoms with Gasteiger partial charge in [-0.2, -0.15) is 0 Å². The summed E-state index contributed by atoms with van der Waals surface area (Å²) in [5.41, 5.74) is 2.75.